The van der Waals surface area contributed by atoms with Crippen molar-refractivity contribution in [3.8, 4) is 11.5 Å². The van der Waals surface area contributed by atoms with Gasteiger partial charge in [0.1, 0.15) is 11.5 Å². The van der Waals surface area contributed by atoms with Crippen molar-refractivity contribution in [2.24, 2.45) is 23.9 Å². The zero-order chi connectivity index (χ0) is 23.0. The van der Waals surface area contributed by atoms with E-state index in [9.17, 15) is 0 Å². The van der Waals surface area contributed by atoms with E-state index >= 15 is 0 Å². The predicted molar refractivity (Wildman–Crippen MR) is 129 cm³/mol. The molecule has 0 spiro atoms. The van der Waals surface area contributed by atoms with Crippen LogP contribution in [0.1, 0.15) is 36.9 Å². The number of oxime groups is 1. The van der Waals surface area contributed by atoms with Gasteiger partial charge in [-0.3, -0.25) is 0 Å². The molecule has 174 valence electrons. The molecular formula is C26H32N4O3. The van der Waals surface area contributed by atoms with Crippen LogP contribution in [-0.2, 0) is 18.4 Å². The lowest BCUT2D eigenvalue weighted by atomic mass is 9.91. The van der Waals surface area contributed by atoms with Gasteiger partial charge in [0.05, 0.1) is 33.0 Å². The highest BCUT2D eigenvalue weighted by atomic mass is 16.7. The lowest BCUT2D eigenvalue weighted by Crippen LogP contribution is -2.57. The summed E-state index contributed by atoms with van der Waals surface area (Å²) in [5.74, 6) is 2.67. The summed E-state index contributed by atoms with van der Waals surface area (Å²) in [5.41, 5.74) is 8.99. The van der Waals surface area contributed by atoms with E-state index in [2.05, 4.69) is 52.0 Å². The first-order chi connectivity index (χ1) is 16.1. The molecule has 2 aliphatic rings. The highest BCUT2D eigenvalue weighted by Crippen LogP contribution is 2.44. The van der Waals surface area contributed by atoms with Crippen LogP contribution in [0.5, 0.6) is 11.5 Å². The molecule has 2 heterocycles. The van der Waals surface area contributed by atoms with Crippen LogP contribution in [0, 0.1) is 5.92 Å². The van der Waals surface area contributed by atoms with Crippen molar-refractivity contribution in [1.82, 2.24) is 9.47 Å². The van der Waals surface area contributed by atoms with Gasteiger partial charge in [-0.15, -0.1) is 0 Å². The van der Waals surface area contributed by atoms with Crippen LogP contribution >= 0.6 is 0 Å². The summed E-state index contributed by atoms with van der Waals surface area (Å²) in [6, 6.07) is 16.5. The van der Waals surface area contributed by atoms with Crippen molar-refractivity contribution in [3.63, 3.8) is 0 Å². The highest BCUT2D eigenvalue weighted by molar-refractivity contribution is 6.02. The van der Waals surface area contributed by atoms with Gasteiger partial charge in [0.2, 0.25) is 5.72 Å². The summed E-state index contributed by atoms with van der Waals surface area (Å²) in [5, 5.41) is 5.85. The quantitative estimate of drug-likeness (QED) is 0.585. The van der Waals surface area contributed by atoms with E-state index in [1.807, 2.05) is 18.2 Å². The second-order valence-corrected chi connectivity index (χ2v) is 8.95. The normalized spacial score (nSPS) is 20.8. The molecule has 1 aliphatic heterocycles. The number of nitrogens with zero attached hydrogens (tertiary/aromatic N) is 3. The molecule has 2 N–H and O–H groups in total. The maximum absolute atomic E-state index is 6.46. The average Bonchev–Trinajstić information content (AvgIpc) is 3.58. The van der Waals surface area contributed by atoms with Gasteiger partial charge in [0, 0.05) is 35.5 Å². The number of aryl methyl sites for hydroxylation is 1. The number of hydrogen-bond acceptors (Lipinski definition) is 6. The predicted octanol–water partition coefficient (Wildman–Crippen LogP) is 4.23. The van der Waals surface area contributed by atoms with Crippen LogP contribution in [0.15, 0.2) is 53.7 Å². The molecule has 33 heavy (non-hydrogen) atoms. The van der Waals surface area contributed by atoms with Crippen molar-refractivity contribution in [2.45, 2.75) is 38.0 Å². The molecule has 1 aliphatic carbocycles. The van der Waals surface area contributed by atoms with Crippen molar-refractivity contribution in [1.29, 1.82) is 0 Å². The largest absolute Gasteiger partial charge is 0.497 e. The minimum absolute atomic E-state index is 0.322. The first kappa shape index (κ1) is 21.6. The molecule has 1 saturated carbocycles. The number of fused-ring (bicyclic) bond motifs is 1. The number of benzene rings is 2. The molecule has 2 aromatic carbocycles. The summed E-state index contributed by atoms with van der Waals surface area (Å²) in [6.45, 7) is 0.939. The molecular weight excluding hydrogens is 416 g/mol. The molecule has 0 amide bonds. The van der Waals surface area contributed by atoms with Gasteiger partial charge >= 0.3 is 0 Å². The number of amidine groups is 1. The van der Waals surface area contributed by atoms with Gasteiger partial charge in [-0.2, -0.15) is 0 Å². The van der Waals surface area contributed by atoms with E-state index in [0.29, 0.717) is 19.0 Å². The molecule has 1 unspecified atom stereocenters. The fourth-order valence-corrected chi connectivity index (χ4v) is 5.44. The minimum Gasteiger partial charge on any atom is -0.497 e. The second kappa shape index (κ2) is 8.63. The Morgan fingerprint density at radius 3 is 2.58 bits per heavy atom. The van der Waals surface area contributed by atoms with Crippen molar-refractivity contribution >= 4 is 16.7 Å². The van der Waals surface area contributed by atoms with Gasteiger partial charge in [-0.25, -0.2) is 0 Å². The van der Waals surface area contributed by atoms with Crippen molar-refractivity contribution < 1.29 is 14.3 Å². The van der Waals surface area contributed by atoms with Crippen molar-refractivity contribution in [3.05, 3.63) is 59.8 Å². The zero-order valence-electron chi connectivity index (χ0n) is 19.6. The number of hydrogen-bond donors (Lipinski definition) is 1. The first-order valence-corrected chi connectivity index (χ1v) is 11.6. The zero-order valence-corrected chi connectivity index (χ0v) is 19.6. The molecule has 0 bridgehead atoms. The molecule has 1 fully saturated rings. The molecule has 5 rings (SSSR count). The Balaban J connectivity index is 1.60. The Kier molecular flexibility index (Phi) is 5.66. The van der Waals surface area contributed by atoms with Crippen LogP contribution < -0.4 is 15.2 Å². The summed E-state index contributed by atoms with van der Waals surface area (Å²) < 4.78 is 13.3. The van der Waals surface area contributed by atoms with Crippen LogP contribution in [0.4, 0.5) is 0 Å². The number of para-hydroxylation sites is 1. The van der Waals surface area contributed by atoms with E-state index in [4.69, 9.17) is 20.0 Å². The minimum atomic E-state index is -0.673. The van der Waals surface area contributed by atoms with Gasteiger partial charge in [-0.1, -0.05) is 36.2 Å². The standard InChI is InChI=1S/C26H32N4O3/c1-29-22-11-7-4-8-18(22)14-23(29)25-28-33-26(17-27,20-9-5-6-10-20)30(25)16-19-12-13-21(31-2)15-24(19)32-3/h4,7-8,11-15,20H,5-6,9-10,16-17,27H2,1-3H3. The number of ether oxygens (including phenoxy) is 2. The second-order valence-electron chi connectivity index (χ2n) is 8.95. The maximum atomic E-state index is 6.46. The highest BCUT2D eigenvalue weighted by Gasteiger charge is 2.52. The van der Waals surface area contributed by atoms with Gasteiger partial charge in [-0.05, 0) is 37.1 Å². The average molecular weight is 449 g/mol. The van der Waals surface area contributed by atoms with Crippen molar-refractivity contribution in [2.75, 3.05) is 20.8 Å². The van der Waals surface area contributed by atoms with Gasteiger partial charge < -0.3 is 29.5 Å². The van der Waals surface area contributed by atoms with Crippen LogP contribution in [0.25, 0.3) is 10.9 Å². The third kappa shape index (κ3) is 3.51. The van der Waals surface area contributed by atoms with Gasteiger partial charge in [0.15, 0.2) is 5.84 Å². The smallest absolute Gasteiger partial charge is 0.226 e. The van der Waals surface area contributed by atoms with Crippen LogP contribution in [0.3, 0.4) is 0 Å². The Hall–Kier alpha value is -3.19. The molecule has 3 aromatic rings. The summed E-state index contributed by atoms with van der Waals surface area (Å²) in [4.78, 5) is 8.57. The molecule has 7 nitrogen and oxygen atoms in total. The third-order valence-corrected chi connectivity index (χ3v) is 7.29. The van der Waals surface area contributed by atoms with E-state index in [1.54, 1.807) is 14.2 Å². The van der Waals surface area contributed by atoms with E-state index in [1.165, 1.54) is 18.2 Å². The summed E-state index contributed by atoms with van der Waals surface area (Å²) in [6.07, 6.45) is 4.56. The molecule has 7 heteroatoms. The Labute approximate surface area is 194 Å². The van der Waals surface area contributed by atoms with Gasteiger partial charge in [0.25, 0.3) is 0 Å². The SMILES string of the molecule is COc1ccc(CN2C(c3cc4ccccc4n3C)=NOC2(CN)C2CCCC2)c(OC)c1. The number of methoxy groups -OCH3 is 2. The lowest BCUT2D eigenvalue weighted by molar-refractivity contribution is -0.134. The van der Waals surface area contributed by atoms with Crippen LogP contribution in [-0.4, -0.2) is 41.8 Å². The molecule has 1 atom stereocenters. The first-order valence-electron chi connectivity index (χ1n) is 11.6. The lowest BCUT2D eigenvalue weighted by Gasteiger charge is -2.41. The van der Waals surface area contributed by atoms with E-state index in [-0.39, 0.29) is 0 Å². The van der Waals surface area contributed by atoms with E-state index < -0.39 is 5.72 Å². The maximum Gasteiger partial charge on any atom is 0.226 e. The fraction of sp³-hybridized carbons (Fsp3) is 0.423. The van der Waals surface area contributed by atoms with Crippen LogP contribution in [0.2, 0.25) is 0 Å². The molecule has 1 aromatic heterocycles. The number of rotatable bonds is 7. The Bertz CT molecular complexity index is 1180. The molecule has 0 radical (unpaired) electrons. The fourth-order valence-electron chi connectivity index (χ4n) is 5.44. The monoisotopic (exact) mass is 448 g/mol. The number of nitrogens with two attached hydrogens (primary N) is 1. The third-order valence-electron chi connectivity index (χ3n) is 7.29. The molecule has 0 saturated heterocycles. The Morgan fingerprint density at radius 1 is 1.09 bits per heavy atom. The van der Waals surface area contributed by atoms with E-state index in [0.717, 1.165) is 47.0 Å². The number of aromatic nitrogens is 1. The summed E-state index contributed by atoms with van der Waals surface area (Å²) >= 11 is 0. The topological polar surface area (TPSA) is 74.2 Å². The summed E-state index contributed by atoms with van der Waals surface area (Å²) in [7, 11) is 5.42. The Morgan fingerprint density at radius 2 is 1.88 bits per heavy atom.